The molecule has 3 heteroatoms. The fourth-order valence-corrected chi connectivity index (χ4v) is 3.73. The van der Waals surface area contributed by atoms with Gasteiger partial charge in [0.05, 0.1) is 7.11 Å². The Morgan fingerprint density at radius 3 is 2.86 bits per heavy atom. The highest BCUT2D eigenvalue weighted by atomic mass is 16.5. The lowest BCUT2D eigenvalue weighted by atomic mass is 9.75. The molecular weight excluding hydrogens is 260 g/mol. The van der Waals surface area contributed by atoms with Gasteiger partial charge in [-0.3, -0.25) is 11.3 Å². The molecule has 0 aliphatic heterocycles. The highest BCUT2D eigenvalue weighted by Gasteiger charge is 2.27. The van der Waals surface area contributed by atoms with Gasteiger partial charge in [-0.25, -0.2) is 0 Å². The van der Waals surface area contributed by atoms with Gasteiger partial charge >= 0.3 is 0 Å². The average molecular weight is 290 g/mol. The van der Waals surface area contributed by atoms with Crippen LogP contribution in [-0.2, 0) is 6.42 Å². The van der Waals surface area contributed by atoms with E-state index in [0.717, 1.165) is 18.1 Å². The first-order valence-electron chi connectivity index (χ1n) is 8.27. The van der Waals surface area contributed by atoms with E-state index in [2.05, 4.69) is 37.5 Å². The SMILES string of the molecule is CCC1CCCC(C(Cc2cc(C)ccc2OC)NN)C1. The third kappa shape index (κ3) is 4.21. The van der Waals surface area contributed by atoms with E-state index in [1.807, 2.05) is 0 Å². The minimum absolute atomic E-state index is 0.343. The van der Waals surface area contributed by atoms with Crippen LogP contribution >= 0.6 is 0 Å². The Labute approximate surface area is 129 Å². The molecule has 3 nitrogen and oxygen atoms in total. The summed E-state index contributed by atoms with van der Waals surface area (Å²) in [6.07, 6.45) is 7.56. The minimum atomic E-state index is 0.343. The Balaban J connectivity index is 2.09. The molecule has 0 heterocycles. The lowest BCUT2D eigenvalue weighted by Crippen LogP contribution is -2.44. The monoisotopic (exact) mass is 290 g/mol. The Bertz CT molecular complexity index is 447. The smallest absolute Gasteiger partial charge is 0.122 e. The van der Waals surface area contributed by atoms with Crippen molar-refractivity contribution >= 4 is 0 Å². The maximum absolute atomic E-state index is 5.88. The molecule has 0 amide bonds. The third-order valence-corrected chi connectivity index (χ3v) is 5.06. The highest BCUT2D eigenvalue weighted by molar-refractivity contribution is 5.37. The van der Waals surface area contributed by atoms with Gasteiger partial charge in [0.2, 0.25) is 0 Å². The van der Waals surface area contributed by atoms with E-state index < -0.39 is 0 Å². The van der Waals surface area contributed by atoms with Gasteiger partial charge < -0.3 is 4.74 Å². The summed E-state index contributed by atoms with van der Waals surface area (Å²) in [6.45, 7) is 4.43. The largest absolute Gasteiger partial charge is 0.496 e. The molecule has 118 valence electrons. The van der Waals surface area contributed by atoms with Crippen molar-refractivity contribution in [1.82, 2.24) is 5.43 Å². The fraction of sp³-hybridized carbons (Fsp3) is 0.667. The predicted molar refractivity (Wildman–Crippen MR) is 88.3 cm³/mol. The lowest BCUT2D eigenvalue weighted by Gasteiger charge is -2.34. The number of hydrogen-bond donors (Lipinski definition) is 2. The molecule has 0 spiro atoms. The average Bonchev–Trinajstić information content (AvgIpc) is 2.52. The first-order chi connectivity index (χ1) is 10.2. The van der Waals surface area contributed by atoms with Crippen LogP contribution in [0.25, 0.3) is 0 Å². The van der Waals surface area contributed by atoms with Gasteiger partial charge in [0, 0.05) is 6.04 Å². The van der Waals surface area contributed by atoms with Crippen LogP contribution in [-0.4, -0.2) is 13.2 Å². The summed E-state index contributed by atoms with van der Waals surface area (Å²) in [4.78, 5) is 0. The quantitative estimate of drug-likeness (QED) is 0.621. The lowest BCUT2D eigenvalue weighted by molar-refractivity contribution is 0.207. The van der Waals surface area contributed by atoms with E-state index in [-0.39, 0.29) is 0 Å². The number of rotatable bonds is 6. The van der Waals surface area contributed by atoms with Crippen molar-refractivity contribution in [2.24, 2.45) is 17.7 Å². The molecule has 3 unspecified atom stereocenters. The van der Waals surface area contributed by atoms with Crippen molar-refractivity contribution in [2.75, 3.05) is 7.11 Å². The third-order valence-electron chi connectivity index (χ3n) is 5.06. The number of hydrazine groups is 1. The summed E-state index contributed by atoms with van der Waals surface area (Å²) in [5, 5.41) is 0. The van der Waals surface area contributed by atoms with Gasteiger partial charge in [0.15, 0.2) is 0 Å². The Hall–Kier alpha value is -1.06. The Morgan fingerprint density at radius 2 is 2.19 bits per heavy atom. The standard InChI is InChI=1S/C18H30N2O/c1-4-14-6-5-7-15(11-14)17(20-19)12-16-10-13(2)8-9-18(16)21-3/h8-10,14-15,17,20H,4-7,11-12,19H2,1-3H3. The Kier molecular flexibility index (Phi) is 6.07. The summed E-state index contributed by atoms with van der Waals surface area (Å²) in [7, 11) is 1.74. The molecule has 1 aliphatic carbocycles. The summed E-state index contributed by atoms with van der Waals surface area (Å²) < 4.78 is 5.51. The van der Waals surface area contributed by atoms with Crippen molar-refractivity contribution in [1.29, 1.82) is 0 Å². The molecule has 1 aromatic carbocycles. The van der Waals surface area contributed by atoms with Crippen LogP contribution in [0.3, 0.4) is 0 Å². The van der Waals surface area contributed by atoms with E-state index >= 15 is 0 Å². The first-order valence-corrected chi connectivity index (χ1v) is 8.27. The normalized spacial score (nSPS) is 23.8. The van der Waals surface area contributed by atoms with Gasteiger partial charge in [-0.1, -0.05) is 43.9 Å². The molecule has 0 saturated heterocycles. The number of nitrogens with two attached hydrogens (primary N) is 1. The number of benzene rings is 1. The predicted octanol–water partition coefficient (Wildman–Crippen LogP) is 3.59. The summed E-state index contributed by atoms with van der Waals surface area (Å²) >= 11 is 0. The van der Waals surface area contributed by atoms with Gasteiger partial charge in [-0.05, 0) is 49.7 Å². The van der Waals surface area contributed by atoms with Gasteiger partial charge in [0.25, 0.3) is 0 Å². The molecule has 1 saturated carbocycles. The number of aryl methyl sites for hydroxylation is 1. The van der Waals surface area contributed by atoms with E-state index in [0.29, 0.717) is 12.0 Å². The first kappa shape index (κ1) is 16.3. The zero-order chi connectivity index (χ0) is 15.2. The second-order valence-corrected chi connectivity index (χ2v) is 6.49. The Morgan fingerprint density at radius 1 is 1.38 bits per heavy atom. The topological polar surface area (TPSA) is 47.3 Å². The van der Waals surface area contributed by atoms with Crippen LogP contribution in [0.2, 0.25) is 0 Å². The van der Waals surface area contributed by atoms with E-state index in [4.69, 9.17) is 10.6 Å². The summed E-state index contributed by atoms with van der Waals surface area (Å²) in [5.74, 6) is 8.41. The van der Waals surface area contributed by atoms with Crippen LogP contribution in [0, 0.1) is 18.8 Å². The van der Waals surface area contributed by atoms with Gasteiger partial charge in [-0.15, -0.1) is 0 Å². The maximum Gasteiger partial charge on any atom is 0.122 e. The van der Waals surface area contributed by atoms with Crippen molar-refractivity contribution in [3.05, 3.63) is 29.3 Å². The molecule has 2 rings (SSSR count). The van der Waals surface area contributed by atoms with E-state index in [1.54, 1.807) is 7.11 Å². The molecule has 0 radical (unpaired) electrons. The number of methoxy groups -OCH3 is 1. The van der Waals surface area contributed by atoms with Crippen molar-refractivity contribution < 1.29 is 4.74 Å². The van der Waals surface area contributed by atoms with Crippen molar-refractivity contribution in [3.8, 4) is 5.75 Å². The van der Waals surface area contributed by atoms with Gasteiger partial charge in [0.1, 0.15) is 5.75 Å². The minimum Gasteiger partial charge on any atom is -0.496 e. The molecule has 0 bridgehead atoms. The van der Waals surface area contributed by atoms with Gasteiger partial charge in [-0.2, -0.15) is 0 Å². The molecule has 21 heavy (non-hydrogen) atoms. The van der Waals surface area contributed by atoms with Crippen molar-refractivity contribution in [3.63, 3.8) is 0 Å². The summed E-state index contributed by atoms with van der Waals surface area (Å²) in [5.41, 5.74) is 5.62. The number of nitrogens with one attached hydrogen (secondary N) is 1. The molecule has 1 fully saturated rings. The zero-order valence-electron chi connectivity index (χ0n) is 13.7. The molecule has 3 N–H and O–H groups in total. The summed E-state index contributed by atoms with van der Waals surface area (Å²) in [6, 6.07) is 6.73. The molecule has 3 atom stereocenters. The zero-order valence-corrected chi connectivity index (χ0v) is 13.7. The number of hydrogen-bond acceptors (Lipinski definition) is 3. The molecule has 0 aromatic heterocycles. The van der Waals surface area contributed by atoms with Crippen LogP contribution in [0.5, 0.6) is 5.75 Å². The van der Waals surface area contributed by atoms with Crippen LogP contribution in [0.4, 0.5) is 0 Å². The number of ether oxygens (including phenoxy) is 1. The van der Waals surface area contributed by atoms with Crippen LogP contribution < -0.4 is 16.0 Å². The fourth-order valence-electron chi connectivity index (χ4n) is 3.73. The molecule has 1 aromatic rings. The van der Waals surface area contributed by atoms with Crippen LogP contribution in [0.15, 0.2) is 18.2 Å². The van der Waals surface area contributed by atoms with Crippen molar-refractivity contribution in [2.45, 2.75) is 58.4 Å². The molecular formula is C18H30N2O. The second kappa shape index (κ2) is 7.81. The maximum atomic E-state index is 5.88. The van der Waals surface area contributed by atoms with E-state index in [9.17, 15) is 0 Å². The molecule has 1 aliphatic rings. The van der Waals surface area contributed by atoms with Crippen LogP contribution in [0.1, 0.15) is 50.2 Å². The second-order valence-electron chi connectivity index (χ2n) is 6.49. The van der Waals surface area contributed by atoms with E-state index in [1.165, 1.54) is 43.2 Å². The highest BCUT2D eigenvalue weighted by Crippen LogP contribution is 2.34.